The topological polar surface area (TPSA) is 119 Å². The van der Waals surface area contributed by atoms with Crippen molar-refractivity contribution in [3.8, 4) is 0 Å². The highest BCUT2D eigenvalue weighted by Gasteiger charge is 2.22. The molecule has 9 heteroatoms. The lowest BCUT2D eigenvalue weighted by atomic mass is 10.0. The molecule has 2 N–H and O–H groups in total. The van der Waals surface area contributed by atoms with E-state index < -0.39 is 32.5 Å². The number of allylic oxidation sites excluding steroid dienone is 8. The van der Waals surface area contributed by atoms with Crippen LogP contribution in [0.5, 0.6) is 0 Å². The SMILES string of the molecule is CCCCC/C=C\C/C=C\C/C=C\C/C=C\CCCCCC(=O)O[C@H](COC(=O)CCCCCCCCCCCCCCCCCCC)COP(=O)(O)O. The van der Waals surface area contributed by atoms with Crippen LogP contribution < -0.4 is 0 Å². The third-order valence-corrected chi connectivity index (χ3v) is 9.84. The second-order valence-corrected chi connectivity index (χ2v) is 15.9. The summed E-state index contributed by atoms with van der Waals surface area (Å²) in [5.41, 5.74) is 0. The summed E-state index contributed by atoms with van der Waals surface area (Å²) in [6, 6.07) is 0. The van der Waals surface area contributed by atoms with E-state index in [9.17, 15) is 14.2 Å². The van der Waals surface area contributed by atoms with Crippen LogP contribution >= 0.6 is 7.82 Å². The maximum atomic E-state index is 12.4. The zero-order valence-corrected chi connectivity index (χ0v) is 35.5. The zero-order valence-electron chi connectivity index (χ0n) is 34.6. The van der Waals surface area contributed by atoms with Crippen LogP contribution in [-0.2, 0) is 28.2 Å². The van der Waals surface area contributed by atoms with Crippen molar-refractivity contribution in [2.75, 3.05) is 13.2 Å². The Labute approximate surface area is 331 Å². The van der Waals surface area contributed by atoms with Crippen LogP contribution in [0.2, 0.25) is 0 Å². The highest BCUT2D eigenvalue weighted by molar-refractivity contribution is 7.46. The molecular formula is C45H81O8P. The fourth-order valence-electron chi connectivity index (χ4n) is 6.06. The minimum absolute atomic E-state index is 0.175. The van der Waals surface area contributed by atoms with E-state index in [2.05, 4.69) is 67.0 Å². The van der Waals surface area contributed by atoms with Crippen LogP contribution in [0.15, 0.2) is 48.6 Å². The smallest absolute Gasteiger partial charge is 0.462 e. The van der Waals surface area contributed by atoms with Gasteiger partial charge in [0.1, 0.15) is 6.61 Å². The number of unbranched alkanes of at least 4 members (excludes halogenated alkanes) is 22. The molecule has 0 unspecified atom stereocenters. The number of hydrogen-bond donors (Lipinski definition) is 2. The Morgan fingerprint density at radius 1 is 0.481 bits per heavy atom. The van der Waals surface area contributed by atoms with Crippen molar-refractivity contribution in [3.63, 3.8) is 0 Å². The summed E-state index contributed by atoms with van der Waals surface area (Å²) in [6.45, 7) is 3.65. The van der Waals surface area contributed by atoms with Crippen LogP contribution in [0.1, 0.15) is 206 Å². The number of ether oxygens (including phenoxy) is 2. The van der Waals surface area contributed by atoms with Crippen molar-refractivity contribution in [3.05, 3.63) is 48.6 Å². The molecule has 0 rings (SSSR count). The van der Waals surface area contributed by atoms with Gasteiger partial charge in [-0.15, -0.1) is 0 Å². The molecule has 0 aromatic carbocycles. The van der Waals surface area contributed by atoms with Gasteiger partial charge in [0.2, 0.25) is 0 Å². The lowest BCUT2D eigenvalue weighted by Crippen LogP contribution is -2.29. The van der Waals surface area contributed by atoms with E-state index in [-0.39, 0.29) is 19.4 Å². The van der Waals surface area contributed by atoms with E-state index in [1.165, 1.54) is 116 Å². The predicted octanol–water partition coefficient (Wildman–Crippen LogP) is 13.5. The van der Waals surface area contributed by atoms with Crippen LogP contribution in [-0.4, -0.2) is 41.0 Å². The Balaban J connectivity index is 3.96. The maximum absolute atomic E-state index is 12.4. The van der Waals surface area contributed by atoms with E-state index in [0.717, 1.165) is 57.8 Å². The number of hydrogen-bond acceptors (Lipinski definition) is 6. The molecule has 0 aliphatic heterocycles. The molecule has 0 aromatic heterocycles. The lowest BCUT2D eigenvalue weighted by molar-refractivity contribution is -0.161. The largest absolute Gasteiger partial charge is 0.469 e. The molecule has 0 aromatic rings. The molecule has 54 heavy (non-hydrogen) atoms. The van der Waals surface area contributed by atoms with Crippen LogP contribution in [0.3, 0.4) is 0 Å². The summed E-state index contributed by atoms with van der Waals surface area (Å²) in [4.78, 5) is 42.9. The van der Waals surface area contributed by atoms with Crippen molar-refractivity contribution in [2.45, 2.75) is 213 Å². The molecule has 0 amide bonds. The molecule has 314 valence electrons. The molecule has 0 radical (unpaired) electrons. The number of rotatable bonds is 40. The minimum atomic E-state index is -4.76. The summed E-state index contributed by atoms with van der Waals surface area (Å²) in [6.07, 6.45) is 49.7. The molecular weight excluding hydrogens is 699 g/mol. The van der Waals surface area contributed by atoms with Gasteiger partial charge in [0.25, 0.3) is 0 Å². The molecule has 0 aliphatic rings. The van der Waals surface area contributed by atoms with E-state index in [1.807, 2.05) is 0 Å². The van der Waals surface area contributed by atoms with Gasteiger partial charge in [0, 0.05) is 12.8 Å². The average Bonchev–Trinajstić information content (AvgIpc) is 3.14. The standard InChI is InChI=1S/C45H81O8P/c1-3-5-7-9-11-13-15-17-19-21-22-24-26-28-30-32-34-36-38-40-45(47)53-43(42-52-54(48,49)50)41-51-44(46)39-37-35-33-31-29-27-25-23-20-18-16-14-12-10-8-6-4-2/h11,13,17,19,22,24,28,30,43H,3-10,12,14-16,18,20-21,23,25-27,29,31-42H2,1-2H3,(H2,48,49,50)/b13-11-,19-17-,24-22-,30-28-/t43-/m1/s1. The maximum Gasteiger partial charge on any atom is 0.469 e. The third kappa shape index (κ3) is 42.7. The van der Waals surface area contributed by atoms with Crippen LogP contribution in [0.4, 0.5) is 0 Å². The molecule has 0 fully saturated rings. The third-order valence-electron chi connectivity index (χ3n) is 9.35. The Bertz CT molecular complexity index is 1020. The van der Waals surface area contributed by atoms with Gasteiger partial charge < -0.3 is 19.3 Å². The average molecular weight is 781 g/mol. The molecule has 0 bridgehead atoms. The van der Waals surface area contributed by atoms with Crippen molar-refractivity contribution in [1.82, 2.24) is 0 Å². The lowest BCUT2D eigenvalue weighted by Gasteiger charge is -2.18. The second-order valence-electron chi connectivity index (χ2n) is 14.7. The monoisotopic (exact) mass is 781 g/mol. The minimum Gasteiger partial charge on any atom is -0.462 e. The Kier molecular flexibility index (Phi) is 39.2. The normalized spacial score (nSPS) is 12.9. The number of phosphoric acid groups is 1. The van der Waals surface area contributed by atoms with Gasteiger partial charge in [0.15, 0.2) is 6.10 Å². The molecule has 0 spiro atoms. The molecule has 1 atom stereocenters. The van der Waals surface area contributed by atoms with E-state index in [1.54, 1.807) is 0 Å². The first-order valence-electron chi connectivity index (χ1n) is 21.9. The Morgan fingerprint density at radius 2 is 0.833 bits per heavy atom. The Hall–Kier alpha value is -1.99. The highest BCUT2D eigenvalue weighted by atomic mass is 31.2. The van der Waals surface area contributed by atoms with Gasteiger partial charge in [-0.05, 0) is 57.8 Å². The Morgan fingerprint density at radius 3 is 1.28 bits per heavy atom. The molecule has 0 heterocycles. The molecule has 0 saturated heterocycles. The quantitative estimate of drug-likeness (QED) is 0.0273. The van der Waals surface area contributed by atoms with Crippen molar-refractivity contribution >= 4 is 19.8 Å². The summed E-state index contributed by atoms with van der Waals surface area (Å²) < 4.78 is 26.4. The summed E-state index contributed by atoms with van der Waals surface area (Å²) in [5.74, 6) is -0.915. The summed E-state index contributed by atoms with van der Waals surface area (Å²) >= 11 is 0. The molecule has 0 saturated carbocycles. The van der Waals surface area contributed by atoms with E-state index in [4.69, 9.17) is 19.3 Å². The first-order valence-corrected chi connectivity index (χ1v) is 23.5. The van der Waals surface area contributed by atoms with Crippen molar-refractivity contribution in [2.24, 2.45) is 0 Å². The van der Waals surface area contributed by atoms with Gasteiger partial charge in [-0.2, -0.15) is 0 Å². The van der Waals surface area contributed by atoms with Crippen LogP contribution in [0.25, 0.3) is 0 Å². The fourth-order valence-corrected chi connectivity index (χ4v) is 6.42. The molecule has 0 aliphatic carbocycles. The number of carbonyl (C=O) groups is 2. The van der Waals surface area contributed by atoms with E-state index in [0.29, 0.717) is 6.42 Å². The van der Waals surface area contributed by atoms with Gasteiger partial charge in [0.05, 0.1) is 6.61 Å². The molecule has 8 nitrogen and oxygen atoms in total. The van der Waals surface area contributed by atoms with Crippen LogP contribution in [0, 0.1) is 0 Å². The fraction of sp³-hybridized carbons (Fsp3) is 0.778. The first-order chi connectivity index (χ1) is 26.3. The number of phosphoric ester groups is 1. The second kappa shape index (κ2) is 40.7. The summed E-state index contributed by atoms with van der Waals surface area (Å²) in [7, 11) is -4.76. The van der Waals surface area contributed by atoms with Gasteiger partial charge in [-0.1, -0.05) is 184 Å². The van der Waals surface area contributed by atoms with E-state index >= 15 is 0 Å². The highest BCUT2D eigenvalue weighted by Crippen LogP contribution is 2.36. The van der Waals surface area contributed by atoms with Crippen molar-refractivity contribution in [1.29, 1.82) is 0 Å². The zero-order chi connectivity index (χ0) is 39.6. The summed E-state index contributed by atoms with van der Waals surface area (Å²) in [5, 5.41) is 0. The van der Waals surface area contributed by atoms with Gasteiger partial charge >= 0.3 is 19.8 Å². The van der Waals surface area contributed by atoms with Gasteiger partial charge in [-0.3, -0.25) is 14.1 Å². The predicted molar refractivity (Wildman–Crippen MR) is 225 cm³/mol. The number of carbonyl (C=O) groups excluding carboxylic acids is 2. The number of esters is 2. The first kappa shape index (κ1) is 52.0. The van der Waals surface area contributed by atoms with Crippen molar-refractivity contribution < 1.29 is 37.9 Å². The van der Waals surface area contributed by atoms with Gasteiger partial charge in [-0.25, -0.2) is 4.57 Å².